The van der Waals surface area contributed by atoms with Crippen LogP contribution in [0.1, 0.15) is 33.1 Å². The van der Waals surface area contributed by atoms with Gasteiger partial charge in [0.2, 0.25) is 5.28 Å². The fourth-order valence-electron chi connectivity index (χ4n) is 2.34. The number of aromatic nitrogens is 2. The second kappa shape index (κ2) is 4.35. The molecule has 2 rings (SSSR count). The van der Waals surface area contributed by atoms with Gasteiger partial charge in [0.05, 0.1) is 0 Å². The van der Waals surface area contributed by atoms with Crippen molar-refractivity contribution in [1.82, 2.24) is 9.97 Å². The van der Waals surface area contributed by atoms with Gasteiger partial charge in [-0.1, -0.05) is 0 Å². The Morgan fingerprint density at radius 2 is 2.00 bits per heavy atom. The third-order valence-electron chi connectivity index (χ3n) is 3.07. The molecule has 0 radical (unpaired) electrons. The lowest BCUT2D eigenvalue weighted by Crippen LogP contribution is -2.44. The fourth-order valence-corrected chi connectivity index (χ4v) is 2.49. The second-order valence-electron chi connectivity index (χ2n) is 4.22. The summed E-state index contributed by atoms with van der Waals surface area (Å²) in [4.78, 5) is 10.5. The average molecular weight is 226 g/mol. The highest BCUT2D eigenvalue weighted by atomic mass is 35.5. The first-order valence-corrected chi connectivity index (χ1v) is 5.83. The fraction of sp³-hybridized carbons (Fsp3) is 0.636. The molecule has 0 unspecified atom stereocenters. The normalized spacial score (nSPS) is 26.7. The molecule has 15 heavy (non-hydrogen) atoms. The summed E-state index contributed by atoms with van der Waals surface area (Å²) in [5.41, 5.74) is 0. The molecular formula is C11H16ClN3. The molecule has 0 aromatic carbocycles. The van der Waals surface area contributed by atoms with Crippen molar-refractivity contribution in [2.75, 3.05) is 4.90 Å². The maximum Gasteiger partial charge on any atom is 0.224 e. The molecule has 1 saturated heterocycles. The second-order valence-corrected chi connectivity index (χ2v) is 4.56. The van der Waals surface area contributed by atoms with Crippen molar-refractivity contribution in [3.05, 3.63) is 17.5 Å². The van der Waals surface area contributed by atoms with Gasteiger partial charge >= 0.3 is 0 Å². The summed E-state index contributed by atoms with van der Waals surface area (Å²) < 4.78 is 0. The third-order valence-corrected chi connectivity index (χ3v) is 3.25. The Hall–Kier alpha value is -0.830. The van der Waals surface area contributed by atoms with Gasteiger partial charge in [-0.2, -0.15) is 0 Å². The lowest BCUT2D eigenvalue weighted by molar-refractivity contribution is 0.411. The van der Waals surface area contributed by atoms with Crippen molar-refractivity contribution < 1.29 is 0 Å². The largest absolute Gasteiger partial charge is 0.351 e. The minimum absolute atomic E-state index is 0.331. The van der Waals surface area contributed by atoms with Crippen LogP contribution < -0.4 is 4.90 Å². The Balaban J connectivity index is 2.27. The Kier molecular flexibility index (Phi) is 3.10. The van der Waals surface area contributed by atoms with Gasteiger partial charge in [0.25, 0.3) is 0 Å². The number of nitrogens with zero attached hydrogens (tertiary/aromatic N) is 3. The van der Waals surface area contributed by atoms with E-state index in [0.717, 1.165) is 5.82 Å². The zero-order valence-electron chi connectivity index (χ0n) is 9.15. The van der Waals surface area contributed by atoms with Crippen LogP contribution in [0.15, 0.2) is 12.3 Å². The first-order chi connectivity index (χ1) is 7.18. The third kappa shape index (κ3) is 2.23. The highest BCUT2D eigenvalue weighted by Gasteiger charge is 2.25. The van der Waals surface area contributed by atoms with Crippen LogP contribution >= 0.6 is 11.6 Å². The average Bonchev–Trinajstić information content (AvgIpc) is 2.17. The van der Waals surface area contributed by atoms with Crippen LogP contribution in [0, 0.1) is 0 Å². The van der Waals surface area contributed by atoms with E-state index in [1.54, 1.807) is 6.20 Å². The topological polar surface area (TPSA) is 29.0 Å². The standard InChI is InChI=1S/C11H16ClN3/c1-8-4-3-5-9(2)15(8)10-6-7-13-11(12)14-10/h6-9H,3-5H2,1-2H3/t8-,9+. The molecule has 1 aromatic heterocycles. The quantitative estimate of drug-likeness (QED) is 0.689. The molecule has 0 bridgehead atoms. The number of rotatable bonds is 1. The lowest BCUT2D eigenvalue weighted by atomic mass is 9.98. The molecule has 0 saturated carbocycles. The van der Waals surface area contributed by atoms with Gasteiger partial charge in [-0.3, -0.25) is 0 Å². The van der Waals surface area contributed by atoms with Gasteiger partial charge in [0.1, 0.15) is 5.82 Å². The van der Waals surface area contributed by atoms with Crippen molar-refractivity contribution in [2.45, 2.75) is 45.2 Å². The Labute approximate surface area is 95.5 Å². The van der Waals surface area contributed by atoms with Crippen molar-refractivity contribution in [3.63, 3.8) is 0 Å². The van der Waals surface area contributed by atoms with Crippen molar-refractivity contribution in [1.29, 1.82) is 0 Å². The van der Waals surface area contributed by atoms with Gasteiger partial charge in [-0.05, 0) is 50.8 Å². The first-order valence-electron chi connectivity index (χ1n) is 5.45. The number of hydrogen-bond donors (Lipinski definition) is 0. The summed E-state index contributed by atoms with van der Waals surface area (Å²) in [6, 6.07) is 3.02. The van der Waals surface area contributed by atoms with Gasteiger partial charge in [-0.15, -0.1) is 0 Å². The summed E-state index contributed by atoms with van der Waals surface area (Å²) in [5.74, 6) is 0.953. The summed E-state index contributed by atoms with van der Waals surface area (Å²) in [7, 11) is 0. The lowest BCUT2D eigenvalue weighted by Gasteiger charge is -2.39. The monoisotopic (exact) mass is 225 g/mol. The summed E-state index contributed by atoms with van der Waals surface area (Å²) in [6.45, 7) is 4.48. The number of piperidine rings is 1. The SMILES string of the molecule is C[C@@H]1CCC[C@H](C)N1c1ccnc(Cl)n1. The smallest absolute Gasteiger partial charge is 0.224 e. The molecule has 0 amide bonds. The molecule has 0 spiro atoms. The number of hydrogen-bond acceptors (Lipinski definition) is 3. The molecule has 2 heterocycles. The van der Waals surface area contributed by atoms with Gasteiger partial charge in [-0.25, -0.2) is 9.97 Å². The molecular weight excluding hydrogens is 210 g/mol. The van der Waals surface area contributed by atoms with E-state index in [2.05, 4.69) is 28.7 Å². The maximum atomic E-state index is 5.81. The Morgan fingerprint density at radius 3 is 2.60 bits per heavy atom. The van der Waals surface area contributed by atoms with E-state index >= 15 is 0 Å². The highest BCUT2D eigenvalue weighted by molar-refractivity contribution is 6.28. The zero-order valence-corrected chi connectivity index (χ0v) is 9.91. The van der Waals surface area contributed by atoms with Crippen molar-refractivity contribution >= 4 is 17.4 Å². The molecule has 1 fully saturated rings. The predicted molar refractivity (Wildman–Crippen MR) is 62.3 cm³/mol. The van der Waals surface area contributed by atoms with Gasteiger partial charge in [0.15, 0.2) is 0 Å². The first kappa shape index (κ1) is 10.7. The van der Waals surface area contributed by atoms with Crippen LogP contribution in [-0.2, 0) is 0 Å². The molecule has 1 aliphatic heterocycles. The number of halogens is 1. The van der Waals surface area contributed by atoms with Crippen molar-refractivity contribution in [3.8, 4) is 0 Å². The van der Waals surface area contributed by atoms with Crippen LogP contribution in [0.5, 0.6) is 0 Å². The molecule has 1 aliphatic rings. The van der Waals surface area contributed by atoms with E-state index in [0.29, 0.717) is 17.4 Å². The van der Waals surface area contributed by atoms with E-state index in [1.165, 1.54) is 19.3 Å². The minimum atomic E-state index is 0.331. The number of anilines is 1. The van der Waals surface area contributed by atoms with Gasteiger partial charge in [0, 0.05) is 18.3 Å². The summed E-state index contributed by atoms with van der Waals surface area (Å²) in [6.07, 6.45) is 5.48. The van der Waals surface area contributed by atoms with E-state index in [-0.39, 0.29) is 0 Å². The van der Waals surface area contributed by atoms with Crippen LogP contribution in [0.3, 0.4) is 0 Å². The molecule has 3 nitrogen and oxygen atoms in total. The van der Waals surface area contributed by atoms with Crippen molar-refractivity contribution in [2.24, 2.45) is 0 Å². The van der Waals surface area contributed by atoms with E-state index in [4.69, 9.17) is 11.6 Å². The zero-order chi connectivity index (χ0) is 10.8. The Morgan fingerprint density at radius 1 is 1.33 bits per heavy atom. The minimum Gasteiger partial charge on any atom is -0.351 e. The molecule has 2 atom stereocenters. The van der Waals surface area contributed by atoms with E-state index in [1.807, 2.05) is 6.07 Å². The molecule has 0 N–H and O–H groups in total. The summed E-state index contributed by atoms with van der Waals surface area (Å²) >= 11 is 5.81. The molecule has 82 valence electrons. The van der Waals surface area contributed by atoms with E-state index in [9.17, 15) is 0 Å². The van der Waals surface area contributed by atoms with Crippen LogP contribution in [0.4, 0.5) is 5.82 Å². The summed E-state index contributed by atoms with van der Waals surface area (Å²) in [5, 5.41) is 0.331. The molecule has 1 aromatic rings. The van der Waals surface area contributed by atoms with Crippen LogP contribution in [0.2, 0.25) is 5.28 Å². The van der Waals surface area contributed by atoms with Crippen LogP contribution in [0.25, 0.3) is 0 Å². The molecule has 0 aliphatic carbocycles. The van der Waals surface area contributed by atoms with E-state index < -0.39 is 0 Å². The van der Waals surface area contributed by atoms with Gasteiger partial charge < -0.3 is 4.90 Å². The predicted octanol–water partition coefficient (Wildman–Crippen LogP) is 2.90. The maximum absolute atomic E-state index is 5.81. The highest BCUT2D eigenvalue weighted by Crippen LogP contribution is 2.27. The van der Waals surface area contributed by atoms with Crippen LogP contribution in [-0.4, -0.2) is 22.1 Å². The Bertz CT molecular complexity index is 332. The molecule has 4 heteroatoms.